The van der Waals surface area contributed by atoms with Crippen molar-refractivity contribution in [3.63, 3.8) is 0 Å². The number of aryl methyl sites for hydroxylation is 3. The van der Waals surface area contributed by atoms with Gasteiger partial charge >= 0.3 is 5.76 Å². The molecule has 4 aromatic rings. The maximum Gasteiger partial charge on any atom is 0.419 e. The number of hydrogen-bond acceptors (Lipinski definition) is 5. The third kappa shape index (κ3) is 2.23. The summed E-state index contributed by atoms with van der Waals surface area (Å²) in [5.41, 5.74) is 5.21. The van der Waals surface area contributed by atoms with Crippen LogP contribution in [0.2, 0.25) is 0 Å². The molecule has 0 N–H and O–H groups in total. The number of hydrogen-bond donors (Lipinski definition) is 0. The highest BCUT2D eigenvalue weighted by Gasteiger charge is 2.13. The van der Waals surface area contributed by atoms with Crippen LogP contribution in [0.3, 0.4) is 0 Å². The average molecular weight is 321 g/mol. The first-order valence-corrected chi connectivity index (χ1v) is 7.54. The Hall–Kier alpha value is -3.15. The molecule has 2 heterocycles. The Morgan fingerprint density at radius 3 is 2.58 bits per heavy atom. The topological polar surface area (TPSA) is 74.1 Å². The van der Waals surface area contributed by atoms with Crippen LogP contribution in [-0.4, -0.2) is 14.7 Å². The lowest BCUT2D eigenvalue weighted by molar-refractivity contribution is 0.432. The van der Waals surface area contributed by atoms with Gasteiger partial charge in [-0.05, 0) is 55.3 Å². The Labute approximate surface area is 137 Å². The zero-order valence-electron chi connectivity index (χ0n) is 13.5. The minimum absolute atomic E-state index is 0.397. The van der Waals surface area contributed by atoms with Gasteiger partial charge < -0.3 is 8.94 Å². The SMILES string of the molecule is Cc1ccc(-c2nc(-c3ccc4c(c3)oc(=O)n4C)no2)cc1C. The van der Waals surface area contributed by atoms with E-state index in [1.54, 1.807) is 13.1 Å². The van der Waals surface area contributed by atoms with Crippen LogP contribution in [0.25, 0.3) is 33.9 Å². The number of oxazole rings is 1. The quantitative estimate of drug-likeness (QED) is 0.565. The second kappa shape index (κ2) is 5.19. The summed E-state index contributed by atoms with van der Waals surface area (Å²) in [5.74, 6) is 0.519. The van der Waals surface area contributed by atoms with Crippen LogP contribution in [0.15, 0.2) is 50.1 Å². The summed E-state index contributed by atoms with van der Waals surface area (Å²) >= 11 is 0. The molecule has 0 saturated heterocycles. The second-order valence-electron chi connectivity index (χ2n) is 5.83. The first-order chi connectivity index (χ1) is 11.5. The fourth-order valence-electron chi connectivity index (χ4n) is 2.61. The van der Waals surface area contributed by atoms with Gasteiger partial charge in [0.15, 0.2) is 5.58 Å². The van der Waals surface area contributed by atoms with E-state index in [9.17, 15) is 4.79 Å². The van der Waals surface area contributed by atoms with Crippen molar-refractivity contribution in [3.05, 3.63) is 58.1 Å². The van der Waals surface area contributed by atoms with Gasteiger partial charge in [-0.3, -0.25) is 4.57 Å². The molecule has 2 aromatic carbocycles. The number of fused-ring (bicyclic) bond motifs is 1. The van der Waals surface area contributed by atoms with Crippen molar-refractivity contribution in [2.75, 3.05) is 0 Å². The first kappa shape index (κ1) is 14.4. The number of nitrogens with zero attached hydrogens (tertiary/aromatic N) is 3. The van der Waals surface area contributed by atoms with E-state index in [1.807, 2.05) is 37.3 Å². The van der Waals surface area contributed by atoms with Crippen LogP contribution in [0.1, 0.15) is 11.1 Å². The van der Waals surface area contributed by atoms with Crippen LogP contribution >= 0.6 is 0 Å². The van der Waals surface area contributed by atoms with E-state index in [4.69, 9.17) is 8.94 Å². The van der Waals surface area contributed by atoms with Crippen molar-refractivity contribution in [2.24, 2.45) is 7.05 Å². The molecule has 0 aliphatic rings. The Bertz CT molecular complexity index is 1120. The highest BCUT2D eigenvalue weighted by Crippen LogP contribution is 2.26. The van der Waals surface area contributed by atoms with Gasteiger partial charge in [-0.25, -0.2) is 4.79 Å². The van der Waals surface area contributed by atoms with Crippen LogP contribution in [0.4, 0.5) is 0 Å². The van der Waals surface area contributed by atoms with Crippen molar-refractivity contribution in [2.45, 2.75) is 13.8 Å². The Kier molecular flexibility index (Phi) is 3.13. The van der Waals surface area contributed by atoms with E-state index in [2.05, 4.69) is 17.1 Å². The molecular weight excluding hydrogens is 306 g/mol. The Balaban J connectivity index is 1.76. The fourth-order valence-corrected chi connectivity index (χ4v) is 2.61. The predicted molar refractivity (Wildman–Crippen MR) is 89.7 cm³/mol. The van der Waals surface area contributed by atoms with Crippen molar-refractivity contribution in [1.29, 1.82) is 0 Å². The van der Waals surface area contributed by atoms with E-state index in [1.165, 1.54) is 15.7 Å². The van der Waals surface area contributed by atoms with Crippen molar-refractivity contribution in [1.82, 2.24) is 14.7 Å². The molecule has 0 unspecified atom stereocenters. The van der Waals surface area contributed by atoms with E-state index in [-0.39, 0.29) is 0 Å². The maximum absolute atomic E-state index is 11.6. The minimum atomic E-state index is -0.397. The van der Waals surface area contributed by atoms with Gasteiger partial charge in [0, 0.05) is 18.2 Å². The van der Waals surface area contributed by atoms with Gasteiger partial charge in [-0.15, -0.1) is 0 Å². The molecule has 0 aliphatic carbocycles. The van der Waals surface area contributed by atoms with Gasteiger partial charge in [0.25, 0.3) is 5.89 Å². The van der Waals surface area contributed by atoms with Crippen LogP contribution < -0.4 is 5.76 Å². The number of benzene rings is 2. The molecule has 6 heteroatoms. The molecule has 0 saturated carbocycles. The second-order valence-corrected chi connectivity index (χ2v) is 5.83. The monoisotopic (exact) mass is 321 g/mol. The highest BCUT2D eigenvalue weighted by molar-refractivity contribution is 5.79. The normalized spacial score (nSPS) is 11.3. The number of rotatable bonds is 2. The predicted octanol–water partition coefficient (Wildman–Crippen LogP) is 3.47. The standard InChI is InChI=1S/C18H15N3O3/c1-10-4-5-13(8-11(10)2)17-19-16(20-24-17)12-6-7-14-15(9-12)23-18(22)21(14)3/h4-9H,1-3H3. The highest BCUT2D eigenvalue weighted by atomic mass is 16.5. The third-order valence-electron chi connectivity index (χ3n) is 4.23. The van der Waals surface area contributed by atoms with Gasteiger partial charge in [0.05, 0.1) is 5.52 Å². The summed E-state index contributed by atoms with van der Waals surface area (Å²) in [6.45, 7) is 4.10. The largest absolute Gasteiger partial charge is 0.419 e. The Morgan fingerprint density at radius 2 is 1.79 bits per heavy atom. The summed E-state index contributed by atoms with van der Waals surface area (Å²) in [6, 6.07) is 11.4. The summed E-state index contributed by atoms with van der Waals surface area (Å²) in [5, 5.41) is 4.04. The molecule has 0 aliphatic heterocycles. The van der Waals surface area contributed by atoms with Gasteiger partial charge in [0.2, 0.25) is 5.82 Å². The molecule has 6 nitrogen and oxygen atoms in total. The van der Waals surface area contributed by atoms with Crippen molar-refractivity contribution >= 4 is 11.1 Å². The van der Waals surface area contributed by atoms with Crippen molar-refractivity contribution in [3.8, 4) is 22.8 Å². The third-order valence-corrected chi connectivity index (χ3v) is 4.23. The lowest BCUT2D eigenvalue weighted by atomic mass is 10.1. The van der Waals surface area contributed by atoms with Crippen molar-refractivity contribution < 1.29 is 8.94 Å². The molecule has 0 amide bonds. The molecule has 0 bridgehead atoms. The smallest absolute Gasteiger partial charge is 0.408 e. The van der Waals surface area contributed by atoms with E-state index >= 15 is 0 Å². The van der Waals surface area contributed by atoms with Crippen LogP contribution in [0, 0.1) is 13.8 Å². The molecule has 24 heavy (non-hydrogen) atoms. The van der Waals surface area contributed by atoms with Gasteiger partial charge in [-0.2, -0.15) is 4.98 Å². The molecule has 2 aromatic heterocycles. The zero-order valence-corrected chi connectivity index (χ0v) is 13.5. The molecule has 0 fully saturated rings. The molecule has 0 radical (unpaired) electrons. The van der Waals surface area contributed by atoms with Crippen LogP contribution in [-0.2, 0) is 7.05 Å². The summed E-state index contributed by atoms with van der Waals surface area (Å²) in [4.78, 5) is 16.0. The van der Waals surface area contributed by atoms with Gasteiger partial charge in [-0.1, -0.05) is 11.2 Å². The average Bonchev–Trinajstić information content (AvgIpc) is 3.16. The Morgan fingerprint density at radius 1 is 1.00 bits per heavy atom. The summed E-state index contributed by atoms with van der Waals surface area (Å²) in [7, 11) is 1.67. The zero-order chi connectivity index (χ0) is 16.8. The molecular formula is C18H15N3O3. The lowest BCUT2D eigenvalue weighted by Crippen LogP contribution is -2.08. The van der Waals surface area contributed by atoms with E-state index in [0.717, 1.165) is 16.6 Å². The maximum atomic E-state index is 11.6. The fraction of sp³-hybridized carbons (Fsp3) is 0.167. The summed E-state index contributed by atoms with van der Waals surface area (Å²) < 4.78 is 12.0. The minimum Gasteiger partial charge on any atom is -0.408 e. The summed E-state index contributed by atoms with van der Waals surface area (Å²) in [6.07, 6.45) is 0. The van der Waals surface area contributed by atoms with E-state index < -0.39 is 5.76 Å². The first-order valence-electron chi connectivity index (χ1n) is 7.54. The molecule has 0 spiro atoms. The van der Waals surface area contributed by atoms with E-state index in [0.29, 0.717) is 17.3 Å². The molecule has 120 valence electrons. The van der Waals surface area contributed by atoms with Gasteiger partial charge in [0.1, 0.15) is 0 Å². The molecule has 4 rings (SSSR count). The lowest BCUT2D eigenvalue weighted by Gasteiger charge is -2.00. The number of aromatic nitrogens is 3. The van der Waals surface area contributed by atoms with Crippen LogP contribution in [0.5, 0.6) is 0 Å². The molecule has 0 atom stereocenters.